The number of hydrogen-bond acceptors (Lipinski definition) is 5. The lowest BCUT2D eigenvalue weighted by Gasteiger charge is -2.22. The molecule has 0 saturated heterocycles. The highest BCUT2D eigenvalue weighted by Gasteiger charge is 2.12. The minimum Gasteiger partial charge on any atom is -0.496 e. The number of carbonyl (C=O) groups is 1. The van der Waals surface area contributed by atoms with Crippen LogP contribution in [-0.4, -0.2) is 37.9 Å². The summed E-state index contributed by atoms with van der Waals surface area (Å²) in [4.78, 5) is 11.9. The Morgan fingerprint density at radius 3 is 2.08 bits per heavy atom. The maximum absolute atomic E-state index is 11.9. The molecule has 1 aromatic rings. The van der Waals surface area contributed by atoms with Crippen LogP contribution in [0.4, 0.5) is 0 Å². The summed E-state index contributed by atoms with van der Waals surface area (Å²) in [7, 11) is 4.62. The monoisotopic (exact) mass is 367 g/mol. The van der Waals surface area contributed by atoms with Gasteiger partial charge < -0.3 is 19.5 Å². The van der Waals surface area contributed by atoms with Crippen molar-refractivity contribution in [2.24, 2.45) is 0 Å². The van der Waals surface area contributed by atoms with Gasteiger partial charge in [0.1, 0.15) is 5.75 Å². The average molecular weight is 367 g/mol. The van der Waals surface area contributed by atoms with Crippen molar-refractivity contribution in [2.75, 3.05) is 21.3 Å². The smallest absolute Gasteiger partial charge is 0.262 e. The van der Waals surface area contributed by atoms with Gasteiger partial charge in [-0.1, -0.05) is 0 Å². The van der Waals surface area contributed by atoms with E-state index in [2.05, 4.69) is 16.2 Å². The average Bonchev–Trinajstić information content (AvgIpc) is 2.55. The lowest BCUT2D eigenvalue weighted by atomic mass is 10.1. The summed E-state index contributed by atoms with van der Waals surface area (Å²) in [5, 5.41) is 3.36. The zero-order valence-electron chi connectivity index (χ0n) is 15.4. The fourth-order valence-electron chi connectivity index (χ4n) is 1.88. The molecule has 0 aliphatic carbocycles. The van der Waals surface area contributed by atoms with Crippen LogP contribution in [0.15, 0.2) is 18.2 Å². The van der Waals surface area contributed by atoms with Crippen LogP contribution in [0, 0.1) is 0 Å². The molecule has 0 unspecified atom stereocenters. The molecule has 0 bridgehead atoms. The third-order valence-corrected chi connectivity index (χ3v) is 3.14. The summed E-state index contributed by atoms with van der Waals surface area (Å²) in [6.45, 7) is 5.89. The van der Waals surface area contributed by atoms with Crippen LogP contribution in [0.1, 0.15) is 26.3 Å². The molecule has 0 aliphatic rings. The number of benzene rings is 1. The van der Waals surface area contributed by atoms with Gasteiger partial charge in [-0.15, -0.1) is 0 Å². The van der Waals surface area contributed by atoms with E-state index < -0.39 is 0 Å². The molecule has 3 N–H and O–H groups in total. The maximum Gasteiger partial charge on any atom is 0.262 e. The van der Waals surface area contributed by atoms with E-state index in [-0.39, 0.29) is 11.4 Å². The Labute approximate surface area is 153 Å². The number of carbonyl (C=O) groups excluding carboxylic acids is 1. The molecule has 0 spiro atoms. The zero-order chi connectivity index (χ0) is 19.0. The van der Waals surface area contributed by atoms with Crippen LogP contribution < -0.4 is 30.4 Å². The number of ether oxygens (including phenoxy) is 3. The van der Waals surface area contributed by atoms with E-state index in [1.165, 1.54) is 20.3 Å². The van der Waals surface area contributed by atoms with Crippen LogP contribution in [0.25, 0.3) is 6.08 Å². The SMILES string of the molecule is COc1cc(OC)c(OC)cc1/C=C/C(=O)NNC(=S)NC(C)(C)C. The van der Waals surface area contributed by atoms with Crippen molar-refractivity contribution in [3.8, 4) is 17.2 Å². The maximum atomic E-state index is 11.9. The molecule has 7 nitrogen and oxygen atoms in total. The summed E-state index contributed by atoms with van der Waals surface area (Å²) in [5.41, 5.74) is 5.60. The van der Waals surface area contributed by atoms with Gasteiger partial charge in [0.2, 0.25) is 0 Å². The molecule has 0 atom stereocenters. The van der Waals surface area contributed by atoms with Gasteiger partial charge in [-0.3, -0.25) is 15.6 Å². The fourth-order valence-corrected chi connectivity index (χ4v) is 2.24. The first-order chi connectivity index (χ1) is 11.7. The molecular formula is C17H25N3O4S. The third-order valence-electron chi connectivity index (χ3n) is 2.94. The van der Waals surface area contributed by atoms with Gasteiger partial charge in [0, 0.05) is 23.2 Å². The van der Waals surface area contributed by atoms with Gasteiger partial charge >= 0.3 is 0 Å². The van der Waals surface area contributed by atoms with Crippen molar-refractivity contribution in [1.29, 1.82) is 0 Å². The summed E-state index contributed by atoms with van der Waals surface area (Å²) >= 11 is 5.09. The number of hydrogen-bond donors (Lipinski definition) is 3. The van der Waals surface area contributed by atoms with Crippen LogP contribution in [-0.2, 0) is 4.79 Å². The predicted molar refractivity (Wildman–Crippen MR) is 102 cm³/mol. The number of methoxy groups -OCH3 is 3. The van der Waals surface area contributed by atoms with E-state index in [0.717, 1.165) is 0 Å². The van der Waals surface area contributed by atoms with E-state index >= 15 is 0 Å². The van der Waals surface area contributed by atoms with Crippen LogP contribution in [0.2, 0.25) is 0 Å². The highest BCUT2D eigenvalue weighted by molar-refractivity contribution is 7.80. The van der Waals surface area contributed by atoms with Gasteiger partial charge in [-0.05, 0) is 45.1 Å². The van der Waals surface area contributed by atoms with Gasteiger partial charge in [-0.2, -0.15) is 0 Å². The zero-order valence-corrected chi connectivity index (χ0v) is 16.2. The molecule has 1 aromatic carbocycles. The molecule has 0 aromatic heterocycles. The normalized spacial score (nSPS) is 11.0. The molecule has 0 radical (unpaired) electrons. The number of amides is 1. The van der Waals surface area contributed by atoms with Crippen LogP contribution >= 0.6 is 12.2 Å². The second-order valence-corrected chi connectivity index (χ2v) is 6.51. The van der Waals surface area contributed by atoms with Gasteiger partial charge in [0.15, 0.2) is 16.6 Å². The standard InChI is InChI=1S/C17H25N3O4S/c1-17(2,3)18-16(25)20-19-15(21)8-7-11-9-13(23-5)14(24-6)10-12(11)22-4/h7-10H,1-6H3,(H,19,21)(H2,18,20,25)/b8-7+. The molecule has 138 valence electrons. The predicted octanol–water partition coefficient (Wildman–Crippen LogP) is 2.02. The molecule has 0 heterocycles. The molecule has 1 amide bonds. The van der Waals surface area contributed by atoms with E-state index in [1.54, 1.807) is 25.3 Å². The minimum absolute atomic E-state index is 0.197. The highest BCUT2D eigenvalue weighted by Crippen LogP contribution is 2.35. The second kappa shape index (κ2) is 9.12. The van der Waals surface area contributed by atoms with Crippen molar-refractivity contribution < 1.29 is 19.0 Å². The highest BCUT2D eigenvalue weighted by atomic mass is 32.1. The number of thiocarbonyl (C=S) groups is 1. The Balaban J connectivity index is 2.77. The Morgan fingerprint density at radius 1 is 1.00 bits per heavy atom. The molecule has 0 fully saturated rings. The van der Waals surface area contributed by atoms with Crippen molar-refractivity contribution in [3.05, 3.63) is 23.8 Å². The molecular weight excluding hydrogens is 342 g/mol. The lowest BCUT2D eigenvalue weighted by Crippen LogP contribution is -2.51. The Bertz CT molecular complexity index is 654. The number of hydrazine groups is 1. The summed E-state index contributed by atoms with van der Waals surface area (Å²) < 4.78 is 15.8. The first-order valence-corrected chi connectivity index (χ1v) is 7.97. The van der Waals surface area contributed by atoms with E-state index in [0.29, 0.717) is 27.9 Å². The van der Waals surface area contributed by atoms with Gasteiger partial charge in [-0.25, -0.2) is 0 Å². The van der Waals surface area contributed by atoms with E-state index in [4.69, 9.17) is 26.4 Å². The molecule has 25 heavy (non-hydrogen) atoms. The Morgan fingerprint density at radius 2 is 1.56 bits per heavy atom. The quantitative estimate of drug-likeness (QED) is 0.417. The second-order valence-electron chi connectivity index (χ2n) is 6.10. The van der Waals surface area contributed by atoms with Crippen LogP contribution in [0.5, 0.6) is 17.2 Å². The van der Waals surface area contributed by atoms with Gasteiger partial charge in [0.05, 0.1) is 21.3 Å². The Kier molecular flexibility index (Phi) is 7.50. The first kappa shape index (κ1) is 20.6. The Hall–Kier alpha value is -2.48. The third kappa shape index (κ3) is 6.88. The molecule has 0 saturated carbocycles. The van der Waals surface area contributed by atoms with Crippen LogP contribution in [0.3, 0.4) is 0 Å². The molecule has 0 aliphatic heterocycles. The minimum atomic E-state index is -0.366. The van der Waals surface area contributed by atoms with Crippen molar-refractivity contribution in [3.63, 3.8) is 0 Å². The van der Waals surface area contributed by atoms with Crippen molar-refractivity contribution in [2.45, 2.75) is 26.3 Å². The number of nitrogens with one attached hydrogen (secondary N) is 3. The molecule has 8 heteroatoms. The number of rotatable bonds is 5. The van der Waals surface area contributed by atoms with Crippen molar-refractivity contribution in [1.82, 2.24) is 16.2 Å². The molecule has 1 rings (SSSR count). The topological polar surface area (TPSA) is 80.9 Å². The largest absolute Gasteiger partial charge is 0.496 e. The summed E-state index contributed by atoms with van der Waals surface area (Å²) in [6, 6.07) is 3.41. The fraction of sp³-hybridized carbons (Fsp3) is 0.412. The van der Waals surface area contributed by atoms with E-state index in [9.17, 15) is 4.79 Å². The van der Waals surface area contributed by atoms with E-state index in [1.807, 2.05) is 20.8 Å². The summed E-state index contributed by atoms with van der Waals surface area (Å²) in [6.07, 6.45) is 2.97. The van der Waals surface area contributed by atoms with Crippen molar-refractivity contribution >= 4 is 29.3 Å². The summed E-state index contributed by atoms with van der Waals surface area (Å²) in [5.74, 6) is 1.27. The van der Waals surface area contributed by atoms with Gasteiger partial charge in [0.25, 0.3) is 5.91 Å². The lowest BCUT2D eigenvalue weighted by molar-refractivity contribution is -0.117. The first-order valence-electron chi connectivity index (χ1n) is 7.56.